The van der Waals surface area contributed by atoms with Crippen LogP contribution in [0.3, 0.4) is 0 Å². The summed E-state index contributed by atoms with van der Waals surface area (Å²) in [5.74, 6) is 0.0633. The lowest BCUT2D eigenvalue weighted by molar-refractivity contribution is -0.138. The molecule has 3 heterocycles. The lowest BCUT2D eigenvalue weighted by Crippen LogP contribution is -2.51. The molecule has 6 rings (SSSR count). The van der Waals surface area contributed by atoms with Crippen LogP contribution in [0.1, 0.15) is 57.4 Å². The molecule has 13 heteroatoms. The molecule has 11 nitrogen and oxygen atoms in total. The summed E-state index contributed by atoms with van der Waals surface area (Å²) in [6.07, 6.45) is 8.31. The van der Waals surface area contributed by atoms with Gasteiger partial charge in [0.2, 0.25) is 17.8 Å². The van der Waals surface area contributed by atoms with E-state index in [-0.39, 0.29) is 48.7 Å². The number of anilines is 3. The average molecular weight is 613 g/mol. The standard InChI is InChI=1S/C31H42F2N8O3/c32-22-5-10-26(25(33)17-22)36-31-37-27-18-34-30(38-28(27)41(31)24-8-1-20(19-43)2-9-24)35-23-6-3-21(4-7-23)29(44)40-13-11-39(12-14-40)15-16-42/h5,10,17-18,20-21,23-24,42-43H,1-4,6-9,11-16,19H2,(H,36,37)(H,34,35,38)/t20-,21-,23-,24+. The van der Waals surface area contributed by atoms with Crippen LogP contribution < -0.4 is 10.6 Å². The van der Waals surface area contributed by atoms with Crippen molar-refractivity contribution in [3.63, 3.8) is 0 Å². The summed E-state index contributed by atoms with van der Waals surface area (Å²) in [6.45, 7) is 3.99. The van der Waals surface area contributed by atoms with E-state index in [1.807, 2.05) is 9.47 Å². The third kappa shape index (κ3) is 6.79. The van der Waals surface area contributed by atoms with Crippen LogP contribution in [0, 0.1) is 23.5 Å². The van der Waals surface area contributed by atoms with Gasteiger partial charge in [-0.2, -0.15) is 4.98 Å². The van der Waals surface area contributed by atoms with Crippen LogP contribution in [0.25, 0.3) is 11.2 Å². The number of nitrogens with one attached hydrogen (secondary N) is 2. The molecule has 3 fully saturated rings. The third-order valence-corrected chi connectivity index (χ3v) is 9.56. The van der Waals surface area contributed by atoms with Crippen molar-refractivity contribution < 1.29 is 23.8 Å². The summed E-state index contributed by atoms with van der Waals surface area (Å²) in [6, 6.07) is 3.58. The van der Waals surface area contributed by atoms with E-state index in [2.05, 4.69) is 20.5 Å². The first-order valence-electron chi connectivity index (χ1n) is 15.9. The number of fused-ring (bicyclic) bond motifs is 1. The molecule has 1 aliphatic heterocycles. The Labute approximate surface area is 255 Å². The van der Waals surface area contributed by atoms with E-state index in [1.54, 1.807) is 6.20 Å². The van der Waals surface area contributed by atoms with Crippen molar-refractivity contribution in [2.24, 2.45) is 11.8 Å². The fraction of sp³-hybridized carbons (Fsp3) is 0.613. The second-order valence-electron chi connectivity index (χ2n) is 12.4. The summed E-state index contributed by atoms with van der Waals surface area (Å²) >= 11 is 0. The predicted molar refractivity (Wildman–Crippen MR) is 163 cm³/mol. The van der Waals surface area contributed by atoms with Crippen molar-refractivity contribution in [3.8, 4) is 0 Å². The van der Waals surface area contributed by atoms with Gasteiger partial charge in [-0.25, -0.2) is 18.7 Å². The number of aromatic nitrogens is 4. The van der Waals surface area contributed by atoms with Crippen LogP contribution >= 0.6 is 0 Å². The van der Waals surface area contributed by atoms with Crippen molar-refractivity contribution in [3.05, 3.63) is 36.0 Å². The molecule has 0 spiro atoms. The minimum absolute atomic E-state index is 0.0248. The minimum Gasteiger partial charge on any atom is -0.396 e. The number of aliphatic hydroxyl groups is 2. The van der Waals surface area contributed by atoms with Gasteiger partial charge >= 0.3 is 0 Å². The van der Waals surface area contributed by atoms with Gasteiger partial charge in [0.1, 0.15) is 17.2 Å². The zero-order valence-corrected chi connectivity index (χ0v) is 25.0. The van der Waals surface area contributed by atoms with Crippen molar-refractivity contribution in [1.29, 1.82) is 0 Å². The monoisotopic (exact) mass is 612 g/mol. The molecule has 3 aromatic rings. The highest BCUT2D eigenvalue weighted by molar-refractivity contribution is 5.79. The molecule has 1 amide bonds. The van der Waals surface area contributed by atoms with Gasteiger partial charge < -0.3 is 25.7 Å². The summed E-state index contributed by atoms with van der Waals surface area (Å²) in [4.78, 5) is 31.4. The molecule has 0 bridgehead atoms. The van der Waals surface area contributed by atoms with Crippen molar-refractivity contribution in [1.82, 2.24) is 29.3 Å². The number of nitrogens with zero attached hydrogens (tertiary/aromatic N) is 6. The highest BCUT2D eigenvalue weighted by atomic mass is 19.1. The summed E-state index contributed by atoms with van der Waals surface area (Å²) in [5, 5.41) is 25.4. The number of piperazine rings is 1. The lowest BCUT2D eigenvalue weighted by Gasteiger charge is -2.37. The molecule has 2 saturated carbocycles. The molecule has 238 valence electrons. The molecule has 2 aromatic heterocycles. The second kappa shape index (κ2) is 13.7. The number of carbonyl (C=O) groups excluding carboxylic acids is 1. The van der Waals surface area contributed by atoms with E-state index < -0.39 is 11.6 Å². The SMILES string of the molecule is O=C([C@H]1CC[C@H](Nc2ncc3nc(Nc4ccc(F)cc4F)n([C@H]4CC[C@@H](CO)CC4)c3n2)CC1)N1CCN(CCO)CC1. The maximum atomic E-state index is 14.6. The maximum absolute atomic E-state index is 14.6. The van der Waals surface area contributed by atoms with Crippen molar-refractivity contribution in [2.75, 3.05) is 56.6 Å². The van der Waals surface area contributed by atoms with Crippen LogP contribution in [0.4, 0.5) is 26.4 Å². The van der Waals surface area contributed by atoms with Gasteiger partial charge in [0.05, 0.1) is 18.5 Å². The highest BCUT2D eigenvalue weighted by Gasteiger charge is 2.32. The fourth-order valence-corrected chi connectivity index (χ4v) is 6.95. The second-order valence-corrected chi connectivity index (χ2v) is 12.4. The molecule has 4 N–H and O–H groups in total. The molecular formula is C31H42F2N8O3. The van der Waals surface area contributed by atoms with Crippen LogP contribution in [-0.4, -0.2) is 97.4 Å². The van der Waals surface area contributed by atoms with Crippen molar-refractivity contribution >= 4 is 34.7 Å². The van der Waals surface area contributed by atoms with E-state index in [1.165, 1.54) is 12.1 Å². The zero-order chi connectivity index (χ0) is 30.6. The number of rotatable bonds is 9. The van der Waals surface area contributed by atoms with Crippen LogP contribution in [0.2, 0.25) is 0 Å². The minimum atomic E-state index is -0.709. The van der Waals surface area contributed by atoms with Gasteiger partial charge in [0, 0.05) is 63.4 Å². The molecule has 2 aliphatic carbocycles. The fourth-order valence-electron chi connectivity index (χ4n) is 6.95. The normalized spacial score (nSPS) is 24.9. The number of hydrogen-bond donors (Lipinski definition) is 4. The van der Waals surface area contributed by atoms with E-state index >= 15 is 0 Å². The number of β-amino-alcohol motifs (C(OH)–C–C–N with tert-alkyl or cyclic N) is 1. The quantitative estimate of drug-likeness (QED) is 0.286. The average Bonchev–Trinajstić information content (AvgIpc) is 3.40. The van der Waals surface area contributed by atoms with Crippen molar-refractivity contribution in [2.45, 2.75) is 63.5 Å². The molecule has 1 aromatic carbocycles. The van der Waals surface area contributed by atoms with Crippen LogP contribution in [-0.2, 0) is 4.79 Å². The first-order chi connectivity index (χ1) is 21.4. The first-order valence-corrected chi connectivity index (χ1v) is 15.9. The van der Waals surface area contributed by atoms with E-state index in [0.717, 1.165) is 70.5 Å². The van der Waals surface area contributed by atoms with E-state index in [9.17, 15) is 18.7 Å². The van der Waals surface area contributed by atoms with E-state index in [0.29, 0.717) is 42.7 Å². The number of aliphatic hydroxyl groups excluding tert-OH is 2. The molecule has 0 unspecified atom stereocenters. The van der Waals surface area contributed by atoms with Crippen LogP contribution in [0.5, 0.6) is 0 Å². The molecular weight excluding hydrogens is 570 g/mol. The summed E-state index contributed by atoms with van der Waals surface area (Å²) in [5.41, 5.74) is 1.32. The Hall–Kier alpha value is -3.42. The first kappa shape index (κ1) is 30.6. The smallest absolute Gasteiger partial charge is 0.225 e. The number of carbonyl (C=O) groups is 1. The number of hydrogen-bond acceptors (Lipinski definition) is 9. The Kier molecular flexibility index (Phi) is 9.53. The molecule has 3 aliphatic rings. The van der Waals surface area contributed by atoms with Gasteiger partial charge in [-0.1, -0.05) is 0 Å². The van der Waals surface area contributed by atoms with Crippen LogP contribution in [0.15, 0.2) is 24.4 Å². The molecule has 1 saturated heterocycles. The zero-order valence-electron chi connectivity index (χ0n) is 25.0. The Morgan fingerprint density at radius 2 is 1.70 bits per heavy atom. The third-order valence-electron chi connectivity index (χ3n) is 9.56. The Morgan fingerprint density at radius 3 is 2.39 bits per heavy atom. The number of halogens is 2. The van der Waals surface area contributed by atoms with E-state index in [4.69, 9.17) is 15.1 Å². The van der Waals surface area contributed by atoms with Gasteiger partial charge in [-0.3, -0.25) is 14.3 Å². The molecule has 0 atom stereocenters. The maximum Gasteiger partial charge on any atom is 0.225 e. The number of imidazole rings is 1. The summed E-state index contributed by atoms with van der Waals surface area (Å²) in [7, 11) is 0. The number of benzene rings is 1. The topological polar surface area (TPSA) is 132 Å². The molecule has 44 heavy (non-hydrogen) atoms. The van der Waals surface area contributed by atoms with Gasteiger partial charge in [0.25, 0.3) is 0 Å². The van der Waals surface area contributed by atoms with Gasteiger partial charge in [-0.15, -0.1) is 0 Å². The van der Waals surface area contributed by atoms with Gasteiger partial charge in [-0.05, 0) is 69.4 Å². The Balaban J connectivity index is 1.15. The lowest BCUT2D eigenvalue weighted by atomic mass is 9.85. The predicted octanol–water partition coefficient (Wildman–Crippen LogP) is 3.68. The highest BCUT2D eigenvalue weighted by Crippen LogP contribution is 2.37. The Morgan fingerprint density at radius 1 is 0.955 bits per heavy atom. The van der Waals surface area contributed by atoms with Gasteiger partial charge in [0.15, 0.2) is 5.65 Å². The molecule has 0 radical (unpaired) electrons. The largest absolute Gasteiger partial charge is 0.396 e. The number of amides is 1. The summed E-state index contributed by atoms with van der Waals surface area (Å²) < 4.78 is 30.1. The Bertz CT molecular complexity index is 1430.